The van der Waals surface area contributed by atoms with Crippen LogP contribution < -0.4 is 14.8 Å². The third-order valence-electron chi connectivity index (χ3n) is 6.70. The molecule has 0 spiro atoms. The van der Waals surface area contributed by atoms with Gasteiger partial charge in [-0.05, 0) is 69.1 Å². The van der Waals surface area contributed by atoms with Crippen LogP contribution in [0.25, 0.3) is 0 Å². The van der Waals surface area contributed by atoms with Crippen LogP contribution in [-0.4, -0.2) is 73.8 Å². The third-order valence-corrected chi connectivity index (χ3v) is 6.70. The van der Waals surface area contributed by atoms with Gasteiger partial charge < -0.3 is 19.7 Å². The topological polar surface area (TPSA) is 88.2 Å². The molecule has 8 nitrogen and oxygen atoms in total. The van der Waals surface area contributed by atoms with Gasteiger partial charge in [0.15, 0.2) is 17.3 Å². The molecule has 8 heteroatoms. The minimum atomic E-state index is -0.220. The summed E-state index contributed by atoms with van der Waals surface area (Å²) in [7, 11) is 1.64. The Balaban J connectivity index is 1.24. The van der Waals surface area contributed by atoms with Crippen LogP contribution in [-0.2, 0) is 9.59 Å². The molecule has 2 amide bonds. The minimum Gasteiger partial charge on any atom is -0.486 e. The standard InChI is InChI=1S/C27H33N3O5/c1-18-5-4-6-19(2)26(18)28-24(31)16-29(3)25(32)17-30-11-9-20(10-12-30)27(33)21-7-8-22-23(15-21)35-14-13-34-22/h4-8,15,20H,9-14,16-17H2,1-3H3,(H,28,31). The Kier molecular flexibility index (Phi) is 7.70. The molecule has 2 aliphatic heterocycles. The van der Waals surface area contributed by atoms with E-state index in [1.807, 2.05) is 32.0 Å². The maximum atomic E-state index is 13.0. The molecule has 0 bridgehead atoms. The Hall–Kier alpha value is -3.39. The van der Waals surface area contributed by atoms with Crippen LogP contribution in [0.1, 0.15) is 34.3 Å². The van der Waals surface area contributed by atoms with E-state index in [0.717, 1.165) is 16.8 Å². The van der Waals surface area contributed by atoms with Crippen molar-refractivity contribution in [2.75, 3.05) is 51.8 Å². The number of ketones is 1. The summed E-state index contributed by atoms with van der Waals surface area (Å²) >= 11 is 0. The number of likely N-dealkylation sites (N-methyl/N-ethyl adjacent to an activating group) is 1. The van der Waals surface area contributed by atoms with Crippen molar-refractivity contribution in [3.8, 4) is 11.5 Å². The van der Waals surface area contributed by atoms with Crippen molar-refractivity contribution in [1.29, 1.82) is 0 Å². The number of fused-ring (bicyclic) bond motifs is 1. The van der Waals surface area contributed by atoms with Gasteiger partial charge >= 0.3 is 0 Å². The molecule has 0 unspecified atom stereocenters. The number of ether oxygens (including phenoxy) is 2. The molecular weight excluding hydrogens is 446 g/mol. The highest BCUT2D eigenvalue weighted by molar-refractivity contribution is 5.98. The predicted octanol–water partition coefficient (Wildman–Crippen LogP) is 3.07. The van der Waals surface area contributed by atoms with Crippen molar-refractivity contribution >= 4 is 23.3 Å². The van der Waals surface area contributed by atoms with Gasteiger partial charge in [0.1, 0.15) is 13.2 Å². The first kappa shape index (κ1) is 24.7. The van der Waals surface area contributed by atoms with Crippen LogP contribution in [0.2, 0.25) is 0 Å². The van der Waals surface area contributed by atoms with Gasteiger partial charge in [0.05, 0.1) is 13.1 Å². The van der Waals surface area contributed by atoms with Gasteiger partial charge in [-0.25, -0.2) is 0 Å². The Morgan fingerprint density at radius 2 is 1.66 bits per heavy atom. The van der Waals surface area contributed by atoms with Gasteiger partial charge in [0.2, 0.25) is 11.8 Å². The average Bonchev–Trinajstić information content (AvgIpc) is 2.86. The van der Waals surface area contributed by atoms with E-state index in [4.69, 9.17) is 9.47 Å². The maximum Gasteiger partial charge on any atom is 0.243 e. The summed E-state index contributed by atoms with van der Waals surface area (Å²) in [6.45, 7) is 6.44. The summed E-state index contributed by atoms with van der Waals surface area (Å²) in [5.41, 5.74) is 3.41. The lowest BCUT2D eigenvalue weighted by Gasteiger charge is -2.32. The maximum absolute atomic E-state index is 13.0. The molecular formula is C27H33N3O5. The molecule has 0 radical (unpaired) electrons. The lowest BCUT2D eigenvalue weighted by Crippen LogP contribution is -2.45. The molecule has 0 saturated carbocycles. The van der Waals surface area contributed by atoms with Crippen molar-refractivity contribution in [2.24, 2.45) is 5.92 Å². The SMILES string of the molecule is Cc1cccc(C)c1NC(=O)CN(C)C(=O)CN1CCC(C(=O)c2ccc3c(c2)OCCO3)CC1. The van der Waals surface area contributed by atoms with Crippen molar-refractivity contribution in [2.45, 2.75) is 26.7 Å². The minimum absolute atomic E-state index is 0.00826. The molecule has 2 heterocycles. The van der Waals surface area contributed by atoms with E-state index < -0.39 is 0 Å². The van der Waals surface area contributed by atoms with Crippen molar-refractivity contribution in [1.82, 2.24) is 9.80 Å². The molecule has 2 aliphatic rings. The molecule has 1 saturated heterocycles. The number of anilines is 1. The Morgan fingerprint density at radius 3 is 2.34 bits per heavy atom. The average molecular weight is 480 g/mol. The van der Waals surface area contributed by atoms with Crippen molar-refractivity contribution in [3.05, 3.63) is 53.1 Å². The number of nitrogens with zero attached hydrogens (tertiary/aromatic N) is 2. The second-order valence-corrected chi connectivity index (χ2v) is 9.34. The lowest BCUT2D eigenvalue weighted by atomic mass is 9.88. The fraction of sp³-hybridized carbons (Fsp3) is 0.444. The van der Waals surface area contributed by atoms with E-state index in [2.05, 4.69) is 10.2 Å². The second-order valence-electron chi connectivity index (χ2n) is 9.34. The van der Waals surface area contributed by atoms with E-state index in [1.54, 1.807) is 25.2 Å². The summed E-state index contributed by atoms with van der Waals surface area (Å²) < 4.78 is 11.1. The van der Waals surface area contributed by atoms with Crippen molar-refractivity contribution < 1.29 is 23.9 Å². The highest BCUT2D eigenvalue weighted by Gasteiger charge is 2.28. The smallest absolute Gasteiger partial charge is 0.243 e. The summed E-state index contributed by atoms with van der Waals surface area (Å²) in [6, 6.07) is 11.2. The van der Waals surface area contributed by atoms with Crippen LogP contribution in [0.5, 0.6) is 11.5 Å². The van der Waals surface area contributed by atoms with E-state index in [0.29, 0.717) is 56.2 Å². The van der Waals surface area contributed by atoms with Gasteiger partial charge in [0.25, 0.3) is 0 Å². The number of aryl methyl sites for hydroxylation is 2. The number of piperidine rings is 1. The zero-order chi connectivity index (χ0) is 24.9. The molecule has 0 atom stereocenters. The van der Waals surface area contributed by atoms with E-state index >= 15 is 0 Å². The lowest BCUT2D eigenvalue weighted by molar-refractivity contribution is -0.134. The summed E-state index contributed by atoms with van der Waals surface area (Å²) in [6.07, 6.45) is 1.38. The van der Waals surface area contributed by atoms with Crippen LogP contribution >= 0.6 is 0 Å². The first-order valence-electron chi connectivity index (χ1n) is 12.1. The molecule has 35 heavy (non-hydrogen) atoms. The molecule has 4 rings (SSSR count). The number of benzene rings is 2. The van der Waals surface area contributed by atoms with Gasteiger partial charge in [-0.1, -0.05) is 18.2 Å². The predicted molar refractivity (Wildman–Crippen MR) is 133 cm³/mol. The number of carbonyl (C=O) groups excluding carboxylic acids is 3. The first-order valence-corrected chi connectivity index (χ1v) is 12.1. The van der Waals surface area contributed by atoms with Crippen LogP contribution in [0.4, 0.5) is 5.69 Å². The number of amides is 2. The fourth-order valence-electron chi connectivity index (χ4n) is 4.59. The second kappa shape index (κ2) is 10.9. The van der Waals surface area contributed by atoms with Crippen LogP contribution in [0.3, 0.4) is 0 Å². The summed E-state index contributed by atoms with van der Waals surface area (Å²) in [4.78, 5) is 41.7. The highest BCUT2D eigenvalue weighted by atomic mass is 16.6. The zero-order valence-electron chi connectivity index (χ0n) is 20.6. The van der Waals surface area contributed by atoms with E-state index in [-0.39, 0.29) is 36.6 Å². The molecule has 1 fully saturated rings. The monoisotopic (exact) mass is 479 g/mol. The van der Waals surface area contributed by atoms with Crippen molar-refractivity contribution in [3.63, 3.8) is 0 Å². The number of hydrogen-bond acceptors (Lipinski definition) is 6. The summed E-state index contributed by atoms with van der Waals surface area (Å²) in [5, 5.41) is 2.92. The Labute approximate surface area is 206 Å². The van der Waals surface area contributed by atoms with E-state index in [9.17, 15) is 14.4 Å². The molecule has 0 aliphatic carbocycles. The number of Topliss-reactive ketones (excluding diaryl/α,β-unsaturated/α-hetero) is 1. The molecule has 1 N–H and O–H groups in total. The number of carbonyl (C=O) groups is 3. The fourth-order valence-corrected chi connectivity index (χ4v) is 4.59. The third kappa shape index (κ3) is 6.00. The number of likely N-dealkylation sites (tertiary alicyclic amines) is 1. The Morgan fingerprint density at radius 1 is 1.00 bits per heavy atom. The largest absolute Gasteiger partial charge is 0.486 e. The number of para-hydroxylation sites is 1. The number of hydrogen-bond donors (Lipinski definition) is 1. The van der Waals surface area contributed by atoms with Gasteiger partial charge in [-0.2, -0.15) is 0 Å². The number of rotatable bonds is 7. The molecule has 2 aromatic rings. The van der Waals surface area contributed by atoms with Gasteiger partial charge in [-0.15, -0.1) is 0 Å². The first-order chi connectivity index (χ1) is 16.8. The number of nitrogens with one attached hydrogen (secondary N) is 1. The zero-order valence-corrected chi connectivity index (χ0v) is 20.6. The molecule has 186 valence electrons. The quantitative estimate of drug-likeness (QED) is 0.614. The van der Waals surface area contributed by atoms with E-state index in [1.165, 1.54) is 4.90 Å². The summed E-state index contributed by atoms with van der Waals surface area (Å²) in [5.74, 6) is 0.987. The van der Waals surface area contributed by atoms with Gasteiger partial charge in [-0.3, -0.25) is 19.3 Å². The normalized spacial score (nSPS) is 16.0. The van der Waals surface area contributed by atoms with Crippen LogP contribution in [0.15, 0.2) is 36.4 Å². The molecule has 2 aromatic carbocycles. The van der Waals surface area contributed by atoms with Gasteiger partial charge in [0, 0.05) is 24.2 Å². The molecule has 0 aromatic heterocycles. The highest BCUT2D eigenvalue weighted by Crippen LogP contribution is 2.32. The Bertz CT molecular complexity index is 1090. The van der Waals surface area contributed by atoms with Crippen LogP contribution in [0, 0.1) is 19.8 Å².